The molecule has 1 fully saturated rings. The first-order valence-electron chi connectivity index (χ1n) is 9.66. The first-order valence-corrected chi connectivity index (χ1v) is 9.66. The molecule has 148 valence electrons. The van der Waals surface area contributed by atoms with Crippen LogP contribution in [0.1, 0.15) is 53.0 Å². The number of hydrogen-bond donors (Lipinski definition) is 2. The molecule has 0 saturated heterocycles. The summed E-state index contributed by atoms with van der Waals surface area (Å²) >= 11 is 0. The molecule has 8 heteroatoms. The lowest BCUT2D eigenvalue weighted by Gasteiger charge is -2.23. The number of benzene rings is 1. The zero-order chi connectivity index (χ0) is 20.2. The number of carbonyl (C=O) groups is 2. The van der Waals surface area contributed by atoms with Crippen LogP contribution in [0, 0.1) is 0 Å². The molecule has 1 aliphatic rings. The molecule has 8 nitrogen and oxygen atoms in total. The molecule has 0 radical (unpaired) electrons. The highest BCUT2D eigenvalue weighted by molar-refractivity contribution is 6.07. The number of carbonyl (C=O) groups excluding carboxylic acids is 2. The van der Waals surface area contributed by atoms with E-state index in [1.807, 2.05) is 0 Å². The van der Waals surface area contributed by atoms with Gasteiger partial charge in [-0.3, -0.25) is 24.8 Å². The zero-order valence-corrected chi connectivity index (χ0v) is 15.8. The predicted molar refractivity (Wildman–Crippen MR) is 108 cm³/mol. The van der Waals surface area contributed by atoms with Crippen molar-refractivity contribution in [2.45, 2.75) is 38.1 Å². The van der Waals surface area contributed by atoms with Crippen molar-refractivity contribution in [1.82, 2.24) is 20.0 Å². The normalized spacial score (nSPS) is 14.5. The van der Waals surface area contributed by atoms with Crippen molar-refractivity contribution in [1.29, 1.82) is 0 Å². The molecule has 0 aliphatic heterocycles. The fourth-order valence-electron chi connectivity index (χ4n) is 3.65. The molecule has 2 N–H and O–H groups in total. The largest absolute Gasteiger partial charge is 0.349 e. The van der Waals surface area contributed by atoms with Gasteiger partial charge in [0.05, 0.1) is 11.8 Å². The number of fused-ring (bicyclic) bond motifs is 1. The van der Waals surface area contributed by atoms with E-state index in [4.69, 9.17) is 0 Å². The van der Waals surface area contributed by atoms with Crippen molar-refractivity contribution < 1.29 is 9.59 Å². The lowest BCUT2D eigenvalue weighted by atomic mass is 9.95. The fraction of sp³-hybridized carbons (Fsp3) is 0.286. The lowest BCUT2D eigenvalue weighted by molar-refractivity contribution is 0.0926. The highest BCUT2D eigenvalue weighted by Crippen LogP contribution is 2.20. The maximum absolute atomic E-state index is 13.0. The van der Waals surface area contributed by atoms with Gasteiger partial charge in [-0.25, -0.2) is 9.66 Å². The second-order valence-corrected chi connectivity index (χ2v) is 7.10. The number of nitrogens with zero attached hydrogens (tertiary/aromatic N) is 3. The van der Waals surface area contributed by atoms with E-state index in [9.17, 15) is 14.4 Å². The van der Waals surface area contributed by atoms with Crippen LogP contribution in [0.4, 0.5) is 0 Å². The Morgan fingerprint density at radius 2 is 1.76 bits per heavy atom. The molecule has 3 aromatic rings. The maximum Gasteiger partial charge on any atom is 0.290 e. The number of rotatable bonds is 4. The minimum atomic E-state index is -0.589. The number of aromatic nitrogens is 3. The van der Waals surface area contributed by atoms with Gasteiger partial charge in [0.25, 0.3) is 17.4 Å². The van der Waals surface area contributed by atoms with Gasteiger partial charge in [-0.2, -0.15) is 0 Å². The lowest BCUT2D eigenvalue weighted by Crippen LogP contribution is -2.38. The van der Waals surface area contributed by atoms with Crippen LogP contribution in [0.25, 0.3) is 10.8 Å². The molecule has 29 heavy (non-hydrogen) atoms. The smallest absolute Gasteiger partial charge is 0.290 e. The summed E-state index contributed by atoms with van der Waals surface area (Å²) in [6, 6.07) is 7.01. The number of amides is 2. The first kappa shape index (κ1) is 18.8. The van der Waals surface area contributed by atoms with E-state index >= 15 is 0 Å². The SMILES string of the molecule is O=C(Nn1cc(C(=O)NC2CCCCC2)c2ccccc2c1=O)c1cnccn1. The zero-order valence-electron chi connectivity index (χ0n) is 15.8. The number of pyridine rings is 1. The van der Waals surface area contributed by atoms with Gasteiger partial charge < -0.3 is 5.32 Å². The molecule has 2 heterocycles. The van der Waals surface area contributed by atoms with E-state index in [0.717, 1.165) is 30.4 Å². The van der Waals surface area contributed by atoms with E-state index in [-0.39, 0.29) is 17.6 Å². The van der Waals surface area contributed by atoms with Gasteiger partial charge >= 0.3 is 0 Å². The summed E-state index contributed by atoms with van der Waals surface area (Å²) in [5.41, 5.74) is 2.48. The van der Waals surface area contributed by atoms with Crippen molar-refractivity contribution >= 4 is 22.6 Å². The quantitative estimate of drug-likeness (QED) is 0.709. The summed E-state index contributed by atoms with van der Waals surface area (Å²) in [6.07, 6.45) is 10.8. The summed E-state index contributed by atoms with van der Waals surface area (Å²) in [5, 5.41) is 3.97. The highest BCUT2D eigenvalue weighted by atomic mass is 16.2. The summed E-state index contributed by atoms with van der Waals surface area (Å²) in [6.45, 7) is 0. The van der Waals surface area contributed by atoms with Crippen LogP contribution in [0.3, 0.4) is 0 Å². The van der Waals surface area contributed by atoms with Crippen molar-refractivity contribution in [3.8, 4) is 0 Å². The van der Waals surface area contributed by atoms with Crippen LogP contribution >= 0.6 is 0 Å². The van der Waals surface area contributed by atoms with Crippen LogP contribution in [0.5, 0.6) is 0 Å². The molecular formula is C21H21N5O3. The van der Waals surface area contributed by atoms with Gasteiger partial charge in [-0.1, -0.05) is 37.5 Å². The Bertz CT molecular complexity index is 1100. The predicted octanol–water partition coefficient (Wildman–Crippen LogP) is 2.24. The van der Waals surface area contributed by atoms with E-state index in [1.165, 1.54) is 31.2 Å². The second-order valence-electron chi connectivity index (χ2n) is 7.10. The topological polar surface area (TPSA) is 106 Å². The van der Waals surface area contributed by atoms with Crippen molar-refractivity contribution in [3.63, 3.8) is 0 Å². The highest BCUT2D eigenvalue weighted by Gasteiger charge is 2.20. The first-order chi connectivity index (χ1) is 14.1. The van der Waals surface area contributed by atoms with E-state index < -0.39 is 11.5 Å². The Kier molecular flexibility index (Phi) is 5.33. The van der Waals surface area contributed by atoms with E-state index in [0.29, 0.717) is 16.3 Å². The Hall–Kier alpha value is -3.55. The molecule has 2 aromatic heterocycles. The Morgan fingerprint density at radius 3 is 2.48 bits per heavy atom. The average molecular weight is 391 g/mol. The summed E-state index contributed by atoms with van der Waals surface area (Å²) < 4.78 is 1.04. The molecule has 0 atom stereocenters. The summed E-state index contributed by atoms with van der Waals surface area (Å²) in [5.74, 6) is -0.843. The molecule has 0 unspecified atom stereocenters. The van der Waals surface area contributed by atoms with Crippen molar-refractivity contribution in [2.75, 3.05) is 5.43 Å². The van der Waals surface area contributed by atoms with Crippen molar-refractivity contribution in [3.05, 3.63) is 70.7 Å². The van der Waals surface area contributed by atoms with Crippen LogP contribution in [-0.2, 0) is 0 Å². The Morgan fingerprint density at radius 1 is 1.00 bits per heavy atom. The van der Waals surface area contributed by atoms with Crippen molar-refractivity contribution in [2.24, 2.45) is 0 Å². The van der Waals surface area contributed by atoms with Crippen LogP contribution in [-0.4, -0.2) is 32.5 Å². The van der Waals surface area contributed by atoms with E-state index in [2.05, 4.69) is 20.7 Å². The molecule has 1 saturated carbocycles. The molecular weight excluding hydrogens is 370 g/mol. The molecule has 4 rings (SSSR count). The fourth-order valence-corrected chi connectivity index (χ4v) is 3.65. The Balaban J connectivity index is 1.70. The standard InChI is InChI=1S/C21H21N5O3/c27-19(24-14-6-2-1-3-7-14)17-13-26(21(29)16-9-5-4-8-15(16)17)25-20(28)18-12-22-10-11-23-18/h4-5,8-14H,1-3,6-7H2,(H,24,27)(H,25,28). The third kappa shape index (κ3) is 4.01. The van der Waals surface area contributed by atoms with E-state index in [1.54, 1.807) is 24.3 Å². The van der Waals surface area contributed by atoms with Gasteiger partial charge in [0.2, 0.25) is 0 Å². The molecule has 0 bridgehead atoms. The summed E-state index contributed by atoms with van der Waals surface area (Å²) in [7, 11) is 0. The average Bonchev–Trinajstić information content (AvgIpc) is 2.77. The monoisotopic (exact) mass is 391 g/mol. The molecule has 1 aliphatic carbocycles. The number of hydrogen-bond acceptors (Lipinski definition) is 5. The third-order valence-corrected chi connectivity index (χ3v) is 5.13. The third-order valence-electron chi connectivity index (χ3n) is 5.13. The molecule has 1 aromatic carbocycles. The molecule has 0 spiro atoms. The number of nitrogens with one attached hydrogen (secondary N) is 2. The van der Waals surface area contributed by atoms with Gasteiger partial charge in [0.15, 0.2) is 0 Å². The Labute approximate surface area is 167 Å². The summed E-state index contributed by atoms with van der Waals surface area (Å²) in [4.78, 5) is 46.0. The van der Waals surface area contributed by atoms with Crippen LogP contribution in [0.15, 0.2) is 53.8 Å². The van der Waals surface area contributed by atoms with Gasteiger partial charge in [-0.05, 0) is 18.9 Å². The van der Waals surface area contributed by atoms with Gasteiger partial charge in [0.1, 0.15) is 5.69 Å². The van der Waals surface area contributed by atoms with Gasteiger partial charge in [0, 0.05) is 35.4 Å². The maximum atomic E-state index is 13.0. The molecule has 2 amide bonds. The minimum Gasteiger partial charge on any atom is -0.349 e. The van der Waals surface area contributed by atoms with Crippen LogP contribution in [0.2, 0.25) is 0 Å². The second kappa shape index (κ2) is 8.22. The minimum absolute atomic E-state index is 0.0702. The van der Waals surface area contributed by atoms with Gasteiger partial charge in [-0.15, -0.1) is 0 Å². The van der Waals surface area contributed by atoms with Crippen LogP contribution < -0.4 is 16.3 Å².